The molecule has 0 bridgehead atoms. The van der Waals surface area contributed by atoms with Gasteiger partial charge in [-0.1, -0.05) is 96.8 Å². The van der Waals surface area contributed by atoms with Gasteiger partial charge in [0.15, 0.2) is 0 Å². The highest BCUT2D eigenvalue weighted by atomic mass is 16.5. The third-order valence-corrected chi connectivity index (χ3v) is 4.37. The molecule has 0 amide bonds. The van der Waals surface area contributed by atoms with Crippen molar-refractivity contribution in [2.45, 2.75) is 116 Å². The van der Waals surface area contributed by atoms with Crippen LogP contribution in [0.15, 0.2) is 0 Å². The minimum atomic E-state index is -0.490. The molecule has 0 aliphatic heterocycles. The molecule has 0 radical (unpaired) electrons. The predicted molar refractivity (Wildman–Crippen MR) is 97.6 cm³/mol. The zero-order chi connectivity index (χ0) is 17.2. The van der Waals surface area contributed by atoms with Gasteiger partial charge in [0.2, 0.25) is 0 Å². The number of carbonyl (C=O) groups excluding carboxylic acids is 1. The molecule has 0 aliphatic carbocycles. The third kappa shape index (κ3) is 19.4. The maximum atomic E-state index is 10.6. The molecule has 0 fully saturated rings. The maximum Gasteiger partial charge on any atom is 0.302 e. The fourth-order valence-electron chi connectivity index (χ4n) is 2.87. The van der Waals surface area contributed by atoms with E-state index in [-0.39, 0.29) is 12.6 Å². The normalized spacial score (nSPS) is 12.3. The minimum absolute atomic E-state index is 0.147. The Labute approximate surface area is 144 Å². The quantitative estimate of drug-likeness (QED) is 0.272. The van der Waals surface area contributed by atoms with Gasteiger partial charge in [0.1, 0.15) is 6.61 Å². The molecular weight excluding hydrogens is 288 g/mol. The van der Waals surface area contributed by atoms with Gasteiger partial charge in [-0.2, -0.15) is 0 Å². The Hall–Kier alpha value is -0.570. The van der Waals surface area contributed by atoms with Gasteiger partial charge in [0.05, 0.1) is 6.10 Å². The van der Waals surface area contributed by atoms with Crippen LogP contribution < -0.4 is 0 Å². The summed E-state index contributed by atoms with van der Waals surface area (Å²) in [5.41, 5.74) is 0. The molecule has 3 nitrogen and oxygen atoms in total. The lowest BCUT2D eigenvalue weighted by atomic mass is 10.0. The van der Waals surface area contributed by atoms with Crippen LogP contribution in [0.5, 0.6) is 0 Å². The summed E-state index contributed by atoms with van der Waals surface area (Å²) in [5, 5.41) is 9.61. The van der Waals surface area contributed by atoms with Gasteiger partial charge in [0.25, 0.3) is 0 Å². The molecule has 1 atom stereocenters. The standard InChI is InChI=1S/C20H40O3/c1-3-4-5-6-7-8-9-10-11-12-13-14-15-16-17-20(22)18-23-19(2)21/h20,22H,3-18H2,1-2H3. The van der Waals surface area contributed by atoms with E-state index in [4.69, 9.17) is 4.74 Å². The molecule has 0 rings (SSSR count). The number of carbonyl (C=O) groups is 1. The van der Waals surface area contributed by atoms with Crippen molar-refractivity contribution in [3.63, 3.8) is 0 Å². The van der Waals surface area contributed by atoms with E-state index in [0.29, 0.717) is 0 Å². The molecule has 0 saturated carbocycles. The van der Waals surface area contributed by atoms with Crippen molar-refractivity contribution in [2.75, 3.05) is 6.61 Å². The molecule has 138 valence electrons. The van der Waals surface area contributed by atoms with Crippen LogP contribution in [0.1, 0.15) is 110 Å². The molecule has 3 heteroatoms. The van der Waals surface area contributed by atoms with Crippen LogP contribution in [0.2, 0.25) is 0 Å². The number of ether oxygens (including phenoxy) is 1. The lowest BCUT2D eigenvalue weighted by Gasteiger charge is -2.09. The largest absolute Gasteiger partial charge is 0.463 e. The first-order valence-corrected chi connectivity index (χ1v) is 9.98. The fourth-order valence-corrected chi connectivity index (χ4v) is 2.87. The summed E-state index contributed by atoms with van der Waals surface area (Å²) >= 11 is 0. The predicted octanol–water partition coefficient (Wildman–Crippen LogP) is 5.78. The number of unbranched alkanes of at least 4 members (excludes halogenated alkanes) is 13. The highest BCUT2D eigenvalue weighted by Gasteiger charge is 2.05. The lowest BCUT2D eigenvalue weighted by Crippen LogP contribution is -2.17. The topological polar surface area (TPSA) is 46.5 Å². The number of hydrogen-bond donors (Lipinski definition) is 1. The Morgan fingerprint density at radius 1 is 0.783 bits per heavy atom. The number of rotatable bonds is 17. The molecule has 0 saturated heterocycles. The summed E-state index contributed by atoms with van der Waals surface area (Å²) in [6.07, 6.45) is 19.0. The summed E-state index contributed by atoms with van der Waals surface area (Å²) in [4.78, 5) is 10.6. The number of esters is 1. The average molecular weight is 329 g/mol. The Morgan fingerprint density at radius 3 is 1.57 bits per heavy atom. The van der Waals surface area contributed by atoms with Gasteiger partial charge in [-0.15, -0.1) is 0 Å². The molecule has 0 aromatic heterocycles. The molecule has 1 N–H and O–H groups in total. The van der Waals surface area contributed by atoms with Crippen molar-refractivity contribution in [3.05, 3.63) is 0 Å². The average Bonchev–Trinajstić information content (AvgIpc) is 2.53. The highest BCUT2D eigenvalue weighted by Crippen LogP contribution is 2.13. The first-order chi connectivity index (χ1) is 11.2. The van der Waals surface area contributed by atoms with Crippen molar-refractivity contribution in [2.24, 2.45) is 0 Å². The van der Waals surface area contributed by atoms with Gasteiger partial charge in [-0.05, 0) is 6.42 Å². The third-order valence-electron chi connectivity index (χ3n) is 4.37. The molecule has 0 heterocycles. The van der Waals surface area contributed by atoms with Gasteiger partial charge in [-0.25, -0.2) is 0 Å². The van der Waals surface area contributed by atoms with Crippen LogP contribution in [0.4, 0.5) is 0 Å². The summed E-state index contributed by atoms with van der Waals surface area (Å²) in [6, 6.07) is 0. The van der Waals surface area contributed by atoms with Crippen LogP contribution in [0.3, 0.4) is 0 Å². The summed E-state index contributed by atoms with van der Waals surface area (Å²) < 4.78 is 4.78. The number of hydrogen-bond acceptors (Lipinski definition) is 3. The Bertz CT molecular complexity index is 253. The van der Waals surface area contributed by atoms with E-state index in [0.717, 1.165) is 12.8 Å². The highest BCUT2D eigenvalue weighted by molar-refractivity contribution is 5.65. The van der Waals surface area contributed by atoms with Crippen molar-refractivity contribution in [1.29, 1.82) is 0 Å². The molecule has 0 spiro atoms. The second-order valence-corrected chi connectivity index (χ2v) is 6.84. The molecular formula is C20H40O3. The Morgan fingerprint density at radius 2 is 1.17 bits per heavy atom. The second kappa shape index (κ2) is 17.8. The van der Waals surface area contributed by atoms with Gasteiger partial charge >= 0.3 is 5.97 Å². The zero-order valence-electron chi connectivity index (χ0n) is 15.7. The van der Waals surface area contributed by atoms with Crippen LogP contribution in [0.25, 0.3) is 0 Å². The van der Waals surface area contributed by atoms with Crippen molar-refractivity contribution < 1.29 is 14.6 Å². The minimum Gasteiger partial charge on any atom is -0.463 e. The van der Waals surface area contributed by atoms with Crippen molar-refractivity contribution in [1.82, 2.24) is 0 Å². The van der Waals surface area contributed by atoms with E-state index in [1.54, 1.807) is 0 Å². The van der Waals surface area contributed by atoms with Crippen LogP contribution in [-0.2, 0) is 9.53 Å². The van der Waals surface area contributed by atoms with E-state index in [9.17, 15) is 9.90 Å². The molecule has 0 aromatic rings. The van der Waals surface area contributed by atoms with E-state index in [1.165, 1.54) is 90.4 Å². The maximum absolute atomic E-state index is 10.6. The number of aliphatic hydroxyl groups excluding tert-OH is 1. The first kappa shape index (κ1) is 22.4. The molecule has 1 unspecified atom stereocenters. The van der Waals surface area contributed by atoms with Crippen LogP contribution >= 0.6 is 0 Å². The lowest BCUT2D eigenvalue weighted by molar-refractivity contribution is -0.144. The molecule has 0 aromatic carbocycles. The molecule has 23 heavy (non-hydrogen) atoms. The summed E-state index contributed by atoms with van der Waals surface area (Å²) in [5.74, 6) is -0.315. The van der Waals surface area contributed by atoms with Gasteiger partial charge in [-0.3, -0.25) is 4.79 Å². The van der Waals surface area contributed by atoms with Crippen LogP contribution in [-0.4, -0.2) is 23.8 Å². The Kier molecular flexibility index (Phi) is 17.3. The van der Waals surface area contributed by atoms with E-state index < -0.39 is 6.10 Å². The van der Waals surface area contributed by atoms with Crippen molar-refractivity contribution >= 4 is 5.97 Å². The van der Waals surface area contributed by atoms with E-state index in [1.807, 2.05) is 0 Å². The Balaban J connectivity index is 3.09. The SMILES string of the molecule is CCCCCCCCCCCCCCCCC(O)COC(C)=O. The second-order valence-electron chi connectivity index (χ2n) is 6.84. The van der Waals surface area contributed by atoms with E-state index >= 15 is 0 Å². The van der Waals surface area contributed by atoms with Gasteiger partial charge in [0, 0.05) is 6.92 Å². The zero-order valence-corrected chi connectivity index (χ0v) is 15.7. The molecule has 0 aliphatic rings. The van der Waals surface area contributed by atoms with Crippen LogP contribution in [0, 0.1) is 0 Å². The monoisotopic (exact) mass is 328 g/mol. The smallest absolute Gasteiger partial charge is 0.302 e. The number of aliphatic hydroxyl groups is 1. The summed E-state index contributed by atoms with van der Waals surface area (Å²) in [6.45, 7) is 3.79. The fraction of sp³-hybridized carbons (Fsp3) is 0.950. The van der Waals surface area contributed by atoms with Crippen molar-refractivity contribution in [3.8, 4) is 0 Å². The van der Waals surface area contributed by atoms with Gasteiger partial charge < -0.3 is 9.84 Å². The summed E-state index contributed by atoms with van der Waals surface area (Å²) in [7, 11) is 0. The first-order valence-electron chi connectivity index (χ1n) is 9.98. The van der Waals surface area contributed by atoms with E-state index in [2.05, 4.69) is 6.92 Å².